The van der Waals surface area contributed by atoms with Gasteiger partial charge >= 0.3 is 0 Å². The van der Waals surface area contributed by atoms with Gasteiger partial charge in [-0.3, -0.25) is 19.2 Å². The van der Waals surface area contributed by atoms with Crippen LogP contribution < -0.4 is 20.9 Å². The number of carbonyl (C=O) groups excluding carboxylic acids is 4. The average molecular weight is 463 g/mol. The fourth-order valence-corrected chi connectivity index (χ4v) is 4.04. The number of thiophene rings is 1. The number of rotatable bonds is 7. The Balaban J connectivity index is 1.24. The zero-order valence-corrected chi connectivity index (χ0v) is 18.5. The molecule has 0 saturated carbocycles. The summed E-state index contributed by atoms with van der Waals surface area (Å²) in [6.45, 7) is 0.495. The molecule has 168 valence electrons. The van der Waals surface area contributed by atoms with Gasteiger partial charge in [0.2, 0.25) is 11.8 Å². The lowest BCUT2D eigenvalue weighted by atomic mass is 10.2. The van der Waals surface area contributed by atoms with Gasteiger partial charge in [-0.05, 0) is 66.4 Å². The number of nitrogens with zero attached hydrogens (tertiary/aromatic N) is 1. The van der Waals surface area contributed by atoms with Crippen LogP contribution in [0.25, 0.3) is 0 Å². The van der Waals surface area contributed by atoms with Crippen molar-refractivity contribution < 1.29 is 19.2 Å². The second-order valence-corrected chi connectivity index (χ2v) is 8.38. The van der Waals surface area contributed by atoms with Crippen molar-refractivity contribution in [3.05, 3.63) is 76.5 Å². The van der Waals surface area contributed by atoms with Crippen LogP contribution in [-0.2, 0) is 9.59 Å². The molecule has 0 aliphatic carbocycles. The van der Waals surface area contributed by atoms with Crippen LogP contribution in [0.3, 0.4) is 0 Å². The lowest BCUT2D eigenvalue weighted by molar-refractivity contribution is -0.117. The molecule has 2 aromatic carbocycles. The Morgan fingerprint density at radius 3 is 2.18 bits per heavy atom. The van der Waals surface area contributed by atoms with Crippen molar-refractivity contribution in [3.63, 3.8) is 0 Å². The van der Waals surface area contributed by atoms with Crippen LogP contribution in [0.2, 0.25) is 0 Å². The summed E-state index contributed by atoms with van der Waals surface area (Å²) in [5.41, 5.74) is 2.33. The first-order valence-corrected chi connectivity index (χ1v) is 11.3. The summed E-state index contributed by atoms with van der Waals surface area (Å²) in [6.07, 6.45) is 1.38. The first-order chi connectivity index (χ1) is 16.0. The zero-order chi connectivity index (χ0) is 23.2. The maximum Gasteiger partial charge on any atom is 0.265 e. The van der Waals surface area contributed by atoms with Crippen LogP contribution in [0.4, 0.5) is 17.1 Å². The Labute approximate surface area is 194 Å². The van der Waals surface area contributed by atoms with Gasteiger partial charge in [0.05, 0.1) is 11.4 Å². The average Bonchev–Trinajstić information content (AvgIpc) is 3.51. The first-order valence-electron chi connectivity index (χ1n) is 10.4. The van der Waals surface area contributed by atoms with Crippen molar-refractivity contribution in [3.8, 4) is 0 Å². The Morgan fingerprint density at radius 2 is 1.58 bits per heavy atom. The first kappa shape index (κ1) is 22.2. The summed E-state index contributed by atoms with van der Waals surface area (Å²) in [6, 6.07) is 17.0. The van der Waals surface area contributed by atoms with Gasteiger partial charge in [-0.15, -0.1) is 11.3 Å². The van der Waals surface area contributed by atoms with E-state index in [1.807, 2.05) is 11.4 Å². The highest BCUT2D eigenvalue weighted by atomic mass is 32.1. The van der Waals surface area contributed by atoms with Gasteiger partial charge in [0.25, 0.3) is 11.8 Å². The quantitative estimate of drug-likeness (QED) is 0.499. The summed E-state index contributed by atoms with van der Waals surface area (Å²) in [7, 11) is 0. The molecule has 0 atom stereocenters. The largest absolute Gasteiger partial charge is 0.343 e. The summed E-state index contributed by atoms with van der Waals surface area (Å²) >= 11 is 1.36. The van der Waals surface area contributed by atoms with Crippen molar-refractivity contribution >= 4 is 52.0 Å². The molecule has 1 aliphatic rings. The number of benzene rings is 2. The van der Waals surface area contributed by atoms with E-state index in [4.69, 9.17) is 0 Å². The van der Waals surface area contributed by atoms with Crippen molar-refractivity contribution in [1.29, 1.82) is 0 Å². The van der Waals surface area contributed by atoms with Crippen molar-refractivity contribution in [2.45, 2.75) is 12.8 Å². The third-order valence-corrected chi connectivity index (χ3v) is 5.96. The molecule has 4 rings (SSSR count). The topological polar surface area (TPSA) is 108 Å². The maximum absolute atomic E-state index is 12.3. The van der Waals surface area contributed by atoms with Gasteiger partial charge < -0.3 is 20.9 Å². The molecule has 1 aliphatic heterocycles. The molecule has 0 unspecified atom stereocenters. The number of hydrogen-bond acceptors (Lipinski definition) is 5. The number of amides is 4. The van der Waals surface area contributed by atoms with Gasteiger partial charge in [-0.2, -0.15) is 0 Å². The van der Waals surface area contributed by atoms with E-state index >= 15 is 0 Å². The lowest BCUT2D eigenvalue weighted by Gasteiger charge is -2.15. The highest BCUT2D eigenvalue weighted by Crippen LogP contribution is 2.21. The number of anilines is 3. The normalized spacial score (nSPS) is 13.0. The standard InChI is InChI=1S/C24H22N4O4S/c29-21(26-17-7-9-18(10-8-17)27-24(32)20-3-2-14-33-20)15-25-23(31)16-5-11-19(12-6-16)28-13-1-4-22(28)30/h2-3,5-12,14H,1,4,13,15H2,(H,25,31)(H,26,29)(H,27,32). The molecule has 1 saturated heterocycles. The number of hydrogen-bond donors (Lipinski definition) is 3. The summed E-state index contributed by atoms with van der Waals surface area (Å²) in [5.74, 6) is -0.861. The molecule has 33 heavy (non-hydrogen) atoms. The second-order valence-electron chi connectivity index (χ2n) is 7.44. The van der Waals surface area contributed by atoms with E-state index in [1.165, 1.54) is 11.3 Å². The van der Waals surface area contributed by atoms with Gasteiger partial charge in [0.15, 0.2) is 0 Å². The highest BCUT2D eigenvalue weighted by Gasteiger charge is 2.21. The Morgan fingerprint density at radius 1 is 0.879 bits per heavy atom. The molecule has 2 heterocycles. The molecule has 0 spiro atoms. The number of carbonyl (C=O) groups is 4. The third-order valence-electron chi connectivity index (χ3n) is 5.10. The molecule has 1 aromatic heterocycles. The van der Waals surface area contributed by atoms with Crippen LogP contribution >= 0.6 is 11.3 Å². The maximum atomic E-state index is 12.3. The van der Waals surface area contributed by atoms with Crippen molar-refractivity contribution in [2.75, 3.05) is 28.6 Å². The minimum atomic E-state index is -0.379. The molecule has 9 heteroatoms. The molecule has 8 nitrogen and oxygen atoms in total. The second kappa shape index (κ2) is 10.1. The van der Waals surface area contributed by atoms with E-state index in [2.05, 4.69) is 16.0 Å². The Hall–Kier alpha value is -3.98. The van der Waals surface area contributed by atoms with Crippen molar-refractivity contribution in [1.82, 2.24) is 5.32 Å². The van der Waals surface area contributed by atoms with Crippen LogP contribution in [0.15, 0.2) is 66.0 Å². The minimum absolute atomic E-state index is 0.0850. The molecule has 0 bridgehead atoms. The lowest BCUT2D eigenvalue weighted by Crippen LogP contribution is -2.32. The van der Waals surface area contributed by atoms with E-state index < -0.39 is 0 Å². The molecular formula is C24H22N4O4S. The van der Waals surface area contributed by atoms with Crippen LogP contribution in [0.5, 0.6) is 0 Å². The summed E-state index contributed by atoms with van der Waals surface area (Å²) < 4.78 is 0. The fraction of sp³-hybridized carbons (Fsp3) is 0.167. The van der Waals surface area contributed by atoms with Gasteiger partial charge in [0.1, 0.15) is 0 Å². The molecule has 0 radical (unpaired) electrons. The van der Waals surface area contributed by atoms with E-state index in [9.17, 15) is 19.2 Å². The molecule has 4 amide bonds. The van der Waals surface area contributed by atoms with Crippen LogP contribution in [0.1, 0.15) is 32.9 Å². The Kier molecular flexibility index (Phi) is 6.80. The fourth-order valence-electron chi connectivity index (χ4n) is 3.42. The SMILES string of the molecule is O=C(CNC(=O)c1ccc(N2CCCC2=O)cc1)Nc1ccc(NC(=O)c2cccs2)cc1. The summed E-state index contributed by atoms with van der Waals surface area (Å²) in [5, 5.41) is 9.90. The molecular weight excluding hydrogens is 440 g/mol. The van der Waals surface area contributed by atoms with Gasteiger partial charge in [-0.1, -0.05) is 6.07 Å². The van der Waals surface area contributed by atoms with Gasteiger partial charge in [0, 0.05) is 35.6 Å². The summed E-state index contributed by atoms with van der Waals surface area (Å²) in [4.78, 5) is 50.7. The van der Waals surface area contributed by atoms with Crippen LogP contribution in [-0.4, -0.2) is 36.7 Å². The van der Waals surface area contributed by atoms with E-state index in [0.717, 1.165) is 12.1 Å². The minimum Gasteiger partial charge on any atom is -0.343 e. The van der Waals surface area contributed by atoms with E-state index in [0.29, 0.717) is 34.8 Å². The zero-order valence-electron chi connectivity index (χ0n) is 17.7. The highest BCUT2D eigenvalue weighted by molar-refractivity contribution is 7.12. The van der Waals surface area contributed by atoms with Crippen LogP contribution in [0, 0.1) is 0 Å². The number of nitrogens with one attached hydrogen (secondary N) is 3. The molecule has 3 aromatic rings. The Bertz CT molecular complexity index is 1160. The molecule has 1 fully saturated rings. The third kappa shape index (κ3) is 5.64. The van der Waals surface area contributed by atoms with E-state index in [1.54, 1.807) is 59.5 Å². The smallest absolute Gasteiger partial charge is 0.265 e. The predicted molar refractivity (Wildman–Crippen MR) is 128 cm³/mol. The van der Waals surface area contributed by atoms with E-state index in [-0.39, 0.29) is 30.2 Å². The van der Waals surface area contributed by atoms with Crippen molar-refractivity contribution in [2.24, 2.45) is 0 Å². The van der Waals surface area contributed by atoms with Gasteiger partial charge in [-0.25, -0.2) is 0 Å². The monoisotopic (exact) mass is 462 g/mol. The molecule has 3 N–H and O–H groups in total. The predicted octanol–water partition coefficient (Wildman–Crippen LogP) is 3.50.